The van der Waals surface area contributed by atoms with Gasteiger partial charge in [-0.05, 0) is 60.2 Å². The predicted octanol–water partition coefficient (Wildman–Crippen LogP) is 6.45. The van der Waals surface area contributed by atoms with Gasteiger partial charge in [-0.25, -0.2) is 0 Å². The van der Waals surface area contributed by atoms with Gasteiger partial charge in [-0.3, -0.25) is 14.3 Å². The molecule has 3 aromatic carbocycles. The van der Waals surface area contributed by atoms with E-state index in [9.17, 15) is 9.90 Å². The monoisotopic (exact) mass is 538 g/mol. The van der Waals surface area contributed by atoms with Crippen LogP contribution in [0.2, 0.25) is 10.0 Å². The van der Waals surface area contributed by atoms with Crippen molar-refractivity contribution in [3.63, 3.8) is 0 Å². The normalized spacial score (nSPS) is 14.4. The van der Waals surface area contributed by atoms with Crippen LogP contribution >= 0.6 is 23.2 Å². The maximum absolute atomic E-state index is 12.7. The van der Waals surface area contributed by atoms with E-state index in [4.69, 9.17) is 32.7 Å². The second-order valence-electron chi connectivity index (χ2n) is 8.58. The molecule has 10 heteroatoms. The number of rotatable bonds is 7. The molecule has 2 heterocycles. The van der Waals surface area contributed by atoms with Crippen molar-refractivity contribution in [2.75, 3.05) is 26.3 Å². The summed E-state index contributed by atoms with van der Waals surface area (Å²) in [6.07, 6.45) is 0. The first-order chi connectivity index (χ1) is 18.0. The number of hydrogen-bond acceptors (Lipinski definition) is 6. The molecule has 37 heavy (non-hydrogen) atoms. The van der Waals surface area contributed by atoms with Gasteiger partial charge in [0.05, 0.1) is 25.4 Å². The molecule has 1 aliphatic rings. The molecule has 0 unspecified atom stereocenters. The highest BCUT2D eigenvalue weighted by molar-refractivity contribution is 6.31. The number of halogens is 2. The number of azo groups is 1. The Hall–Kier alpha value is -3.43. The van der Waals surface area contributed by atoms with E-state index >= 15 is 0 Å². The lowest BCUT2D eigenvalue weighted by atomic mass is 10.2. The molecular weight excluding hydrogens is 515 g/mol. The third kappa shape index (κ3) is 5.94. The van der Waals surface area contributed by atoms with Crippen molar-refractivity contribution in [3.05, 3.63) is 87.9 Å². The molecule has 1 N–H and O–H groups in total. The molecule has 190 valence electrons. The van der Waals surface area contributed by atoms with E-state index in [2.05, 4.69) is 15.1 Å². The highest BCUT2D eigenvalue weighted by atomic mass is 35.5. The third-order valence-corrected chi connectivity index (χ3v) is 6.52. The van der Waals surface area contributed by atoms with Crippen LogP contribution in [-0.2, 0) is 18.0 Å². The summed E-state index contributed by atoms with van der Waals surface area (Å²) in [5, 5.41) is 20.8. The fourth-order valence-corrected chi connectivity index (χ4v) is 4.51. The van der Waals surface area contributed by atoms with Gasteiger partial charge in [-0.15, -0.1) is 10.2 Å². The van der Waals surface area contributed by atoms with Crippen molar-refractivity contribution >= 4 is 45.7 Å². The first kappa shape index (κ1) is 25.2. The first-order valence-electron chi connectivity index (χ1n) is 11.7. The van der Waals surface area contributed by atoms with Crippen molar-refractivity contribution in [2.45, 2.75) is 13.3 Å². The zero-order chi connectivity index (χ0) is 25.8. The molecule has 0 spiro atoms. The number of aromatic nitrogens is 1. The summed E-state index contributed by atoms with van der Waals surface area (Å²) in [7, 11) is 0. The topological polar surface area (TPSA) is 88.6 Å². The van der Waals surface area contributed by atoms with E-state index in [1.165, 1.54) is 0 Å². The van der Waals surface area contributed by atoms with E-state index in [0.717, 1.165) is 24.2 Å². The molecule has 0 radical (unpaired) electrons. The number of carbonyl (C=O) groups excluding carboxylic acids is 1. The van der Waals surface area contributed by atoms with Crippen LogP contribution in [0.4, 0.5) is 5.69 Å². The molecule has 4 aromatic rings. The molecule has 1 amide bonds. The Morgan fingerprint density at radius 2 is 1.76 bits per heavy atom. The minimum Gasteiger partial charge on any atom is -0.493 e. The van der Waals surface area contributed by atoms with Crippen molar-refractivity contribution in [1.29, 1.82) is 0 Å². The molecule has 0 bridgehead atoms. The van der Waals surface area contributed by atoms with Crippen LogP contribution < -0.4 is 4.74 Å². The smallest absolute Gasteiger partial charge is 0.295 e. The van der Waals surface area contributed by atoms with Crippen LogP contribution in [0.5, 0.6) is 11.6 Å². The zero-order valence-electron chi connectivity index (χ0n) is 19.8. The van der Waals surface area contributed by atoms with Crippen molar-refractivity contribution < 1.29 is 19.4 Å². The second-order valence-corrected chi connectivity index (χ2v) is 9.45. The summed E-state index contributed by atoms with van der Waals surface area (Å²) < 4.78 is 12.9. The molecule has 1 fully saturated rings. The van der Waals surface area contributed by atoms with Gasteiger partial charge >= 0.3 is 0 Å². The first-order valence-corrected chi connectivity index (χ1v) is 12.5. The molecule has 8 nitrogen and oxygen atoms in total. The van der Waals surface area contributed by atoms with Crippen LogP contribution in [0.25, 0.3) is 10.9 Å². The molecular formula is C27H24Cl2N4O4. The molecule has 1 aromatic heterocycles. The number of amides is 1. The van der Waals surface area contributed by atoms with Gasteiger partial charge in [0.2, 0.25) is 5.88 Å². The number of carbonyl (C=O) groups is 1. The highest BCUT2D eigenvalue weighted by Crippen LogP contribution is 2.40. The highest BCUT2D eigenvalue weighted by Gasteiger charge is 2.20. The Bertz CT molecular complexity index is 1450. The summed E-state index contributed by atoms with van der Waals surface area (Å²) >= 11 is 12.2. The van der Waals surface area contributed by atoms with Gasteiger partial charge in [-0.1, -0.05) is 35.3 Å². The van der Waals surface area contributed by atoms with Gasteiger partial charge in [-0.2, -0.15) is 0 Å². The number of morpholine rings is 1. The van der Waals surface area contributed by atoms with E-state index in [1.807, 2.05) is 24.3 Å². The van der Waals surface area contributed by atoms with E-state index in [-0.39, 0.29) is 11.6 Å². The van der Waals surface area contributed by atoms with Crippen LogP contribution in [0.15, 0.2) is 77.0 Å². The number of fused-ring (bicyclic) bond motifs is 1. The average molecular weight is 539 g/mol. The molecule has 0 aliphatic carbocycles. The van der Waals surface area contributed by atoms with Gasteiger partial charge in [0.25, 0.3) is 5.91 Å². The van der Waals surface area contributed by atoms with Crippen LogP contribution in [0.1, 0.15) is 15.9 Å². The number of hydrogen-bond donors (Lipinski definition) is 1. The molecule has 1 aliphatic heterocycles. The maximum atomic E-state index is 12.7. The number of benzene rings is 3. The third-order valence-electron chi connectivity index (χ3n) is 6.05. The maximum Gasteiger partial charge on any atom is 0.295 e. The number of ether oxygens (including phenoxy) is 2. The van der Waals surface area contributed by atoms with Gasteiger partial charge in [0.15, 0.2) is 5.69 Å². The fraction of sp³-hybridized carbons (Fsp3) is 0.222. The van der Waals surface area contributed by atoms with E-state index in [1.54, 1.807) is 47.0 Å². The lowest BCUT2D eigenvalue weighted by Gasteiger charge is -2.27. The van der Waals surface area contributed by atoms with Gasteiger partial charge < -0.3 is 14.6 Å². The Morgan fingerprint density at radius 1 is 1.00 bits per heavy atom. The lowest BCUT2D eigenvalue weighted by Crippen LogP contribution is -2.37. The van der Waals surface area contributed by atoms with Crippen LogP contribution in [0, 0.1) is 0 Å². The lowest BCUT2D eigenvalue weighted by molar-refractivity contribution is 0.0231. The minimum atomic E-state index is -0.545. The molecule has 0 atom stereocenters. The summed E-state index contributed by atoms with van der Waals surface area (Å²) in [5.41, 5.74) is 2.22. The van der Waals surface area contributed by atoms with E-state index < -0.39 is 5.91 Å². The molecule has 5 rings (SSSR count). The Labute approximate surface area is 223 Å². The summed E-state index contributed by atoms with van der Waals surface area (Å²) in [5.74, 6) is -0.0195. The Kier molecular flexibility index (Phi) is 7.71. The van der Waals surface area contributed by atoms with Crippen molar-refractivity contribution in [2.24, 2.45) is 10.2 Å². The zero-order valence-corrected chi connectivity index (χ0v) is 21.3. The number of nitrogens with zero attached hydrogens (tertiary/aromatic N) is 4. The fourth-order valence-electron chi connectivity index (χ4n) is 4.12. The summed E-state index contributed by atoms with van der Waals surface area (Å²) in [6, 6.07) is 19.3. The largest absolute Gasteiger partial charge is 0.493 e. The molecule has 0 saturated carbocycles. The Balaban J connectivity index is 1.32. The summed E-state index contributed by atoms with van der Waals surface area (Å²) in [6.45, 7) is 3.58. The van der Waals surface area contributed by atoms with Crippen molar-refractivity contribution in [3.8, 4) is 11.6 Å². The predicted molar refractivity (Wildman–Crippen MR) is 142 cm³/mol. The SMILES string of the molecule is O=C(N=Nc1c(O)n(CN2CCOCC2)c2ccc(Cl)cc12)c1ccc(OCc2cccc(Cl)c2)cc1. The van der Waals surface area contributed by atoms with Crippen LogP contribution in [0.3, 0.4) is 0 Å². The van der Waals surface area contributed by atoms with Crippen molar-refractivity contribution in [1.82, 2.24) is 9.47 Å². The average Bonchev–Trinajstić information content (AvgIpc) is 3.16. The second kappa shape index (κ2) is 11.3. The quantitative estimate of drug-likeness (QED) is 0.273. The van der Waals surface area contributed by atoms with Gasteiger partial charge in [0.1, 0.15) is 12.4 Å². The van der Waals surface area contributed by atoms with Gasteiger partial charge in [0, 0.05) is 34.1 Å². The molecule has 1 saturated heterocycles. The summed E-state index contributed by atoms with van der Waals surface area (Å²) in [4.78, 5) is 14.9. The Morgan fingerprint density at radius 3 is 2.51 bits per heavy atom. The van der Waals surface area contributed by atoms with Crippen LogP contribution in [-0.4, -0.2) is 46.8 Å². The standard InChI is InChI=1S/C27H24Cl2N4O4/c28-20-3-1-2-18(14-20)16-37-22-7-4-19(5-8-22)26(34)31-30-25-23-15-21(29)6-9-24(23)33(27(25)35)17-32-10-12-36-13-11-32/h1-9,14-15,35H,10-13,16-17H2. The van der Waals surface area contributed by atoms with E-state index in [0.29, 0.717) is 53.2 Å². The minimum absolute atomic E-state index is 0.0786. The number of aromatic hydroxyl groups is 1.